The van der Waals surface area contributed by atoms with E-state index in [1.165, 1.54) is 0 Å². The van der Waals surface area contributed by atoms with Crippen molar-refractivity contribution in [2.75, 3.05) is 0 Å². The van der Waals surface area contributed by atoms with E-state index in [0.717, 1.165) is 10.6 Å². The zero-order valence-electron chi connectivity index (χ0n) is 53.4. The lowest BCUT2D eigenvalue weighted by Gasteiger charge is -2.11. The summed E-state index contributed by atoms with van der Waals surface area (Å²) >= 11 is 0. The van der Waals surface area contributed by atoms with E-state index in [0.29, 0.717) is 0 Å². The molecule has 7 aromatic carbocycles. The molecule has 9 aromatic rings. The molecule has 0 atom stereocenters. The summed E-state index contributed by atoms with van der Waals surface area (Å²) in [4.78, 5) is 13.1. The van der Waals surface area contributed by atoms with Crippen molar-refractivity contribution in [1.82, 2.24) is 19.5 Å². The van der Waals surface area contributed by atoms with Crippen molar-refractivity contribution in [1.29, 1.82) is 0 Å². The lowest BCUT2D eigenvalue weighted by molar-refractivity contribution is 1.07. The Hall–Kier alpha value is -6.65. The van der Waals surface area contributed by atoms with Crippen molar-refractivity contribution >= 4 is 21.8 Å². The highest BCUT2D eigenvalue weighted by Crippen LogP contribution is 2.35. The molecule has 0 unspecified atom stereocenters. The van der Waals surface area contributed by atoms with Gasteiger partial charge in [-0.1, -0.05) is 157 Å². The largest absolute Gasteiger partial charge is 0.309 e. The molecule has 2 aromatic heterocycles. The number of para-hydroxylation sites is 2. The first kappa shape index (κ1) is 11.5. The SMILES string of the molecule is [2H]c1c([2H])c([2H])c(-c2c([2H])c([2H])c(-c3nc(-c4cc5c(c([2H])c4[2H])c4c([2H])c([2H])c([2H])c([2H])c4n5-c4c([2H])c([2H])c([2H])c([2H])c4[2H])nc(-c4c([2H])c([2H])c(-c5c([2H])c([2H])c([2H])c([2H])c5[2H])c([2H])c4[2H])n3)c([2H])c2[2H])c([2H])c1[2H]. The Bertz CT molecular complexity index is 3970. The van der Waals surface area contributed by atoms with Gasteiger partial charge in [0.05, 0.1) is 50.8 Å². The molecule has 9 rings (SSSR count). The third-order valence-corrected chi connectivity index (χ3v) is 7.03. The van der Waals surface area contributed by atoms with Crippen LogP contribution in [0, 0.1) is 0 Å². The molecule has 0 fully saturated rings. The van der Waals surface area contributed by atoms with E-state index in [1.807, 2.05) is 0 Å². The first-order valence-electron chi connectivity index (χ1n) is 28.6. The van der Waals surface area contributed by atoms with E-state index >= 15 is 0 Å². The molecule has 0 saturated heterocycles. The van der Waals surface area contributed by atoms with Crippen LogP contribution in [0.2, 0.25) is 0 Å². The van der Waals surface area contributed by atoms with Crippen LogP contribution in [0.4, 0.5) is 0 Å². The summed E-state index contributed by atoms with van der Waals surface area (Å²) < 4.78 is 254. The van der Waals surface area contributed by atoms with E-state index in [4.69, 9.17) is 31.5 Å². The predicted molar refractivity (Wildman–Crippen MR) is 201 cm³/mol. The summed E-state index contributed by atoms with van der Waals surface area (Å²) in [5.41, 5.74) is -6.90. The van der Waals surface area contributed by atoms with Gasteiger partial charge in [-0.05, 0) is 46.4 Å². The summed E-state index contributed by atoms with van der Waals surface area (Å²) in [6, 6.07) is -25.3. The number of fused-ring (bicyclic) bond motifs is 3. The quantitative estimate of drug-likeness (QED) is 0.179. The normalized spacial score (nSPS) is 19.6. The Morgan fingerprint density at radius 2 is 0.714 bits per heavy atom. The van der Waals surface area contributed by atoms with Gasteiger partial charge in [0.1, 0.15) is 0 Å². The van der Waals surface area contributed by atoms with Crippen LogP contribution in [0.1, 0.15) is 39.8 Å². The Labute approximate surface area is 325 Å². The van der Waals surface area contributed by atoms with Crippen LogP contribution >= 0.6 is 0 Å². The molecular formula is C45H30N4. The highest BCUT2D eigenvalue weighted by Gasteiger charge is 2.17. The number of rotatable bonds is 6. The van der Waals surface area contributed by atoms with Crippen molar-refractivity contribution in [3.8, 4) is 62.1 Å². The monoisotopic (exact) mass is 655 g/mol. The standard InChI is InChI=1S/C45H30N4/c1-4-12-31(13-5-1)33-20-24-35(25-21-33)43-46-44(36-26-22-34(23-27-36)32-14-6-2-7-15-32)48-45(47-43)37-28-29-40-39-18-10-11-19-41(39)49(42(40)30-37)38-16-8-3-9-17-38/h1-30H/i1D,2D,3D,4D,5D,6D,7D,8D,9D,10D,11D,12D,13D,14D,15D,16D,17D,18D,19D,20D,21D,22D,23D,24D,25D,26D,27D,28D,29D. The second-order valence-corrected chi connectivity index (χ2v) is 9.91. The lowest BCUT2D eigenvalue weighted by atomic mass is 10.0. The van der Waals surface area contributed by atoms with Gasteiger partial charge in [-0.2, -0.15) is 0 Å². The molecule has 4 heteroatoms. The zero-order valence-corrected chi connectivity index (χ0v) is 24.4. The molecule has 0 spiro atoms. The van der Waals surface area contributed by atoms with E-state index in [9.17, 15) is 8.22 Å². The van der Waals surface area contributed by atoms with Crippen LogP contribution in [-0.2, 0) is 0 Å². The van der Waals surface area contributed by atoms with Crippen LogP contribution in [0.3, 0.4) is 0 Å². The fraction of sp³-hybridized carbons (Fsp3) is 0. The third kappa shape index (κ3) is 5.35. The smallest absolute Gasteiger partial charge is 0.164 e. The van der Waals surface area contributed by atoms with Crippen molar-refractivity contribution in [2.45, 2.75) is 0 Å². The first-order valence-corrected chi connectivity index (χ1v) is 14.1. The highest BCUT2D eigenvalue weighted by atomic mass is 15.0. The summed E-state index contributed by atoms with van der Waals surface area (Å²) in [5.74, 6) is -2.61. The van der Waals surface area contributed by atoms with Crippen molar-refractivity contribution in [3.63, 3.8) is 0 Å². The minimum absolute atomic E-state index is 0.419. The Morgan fingerprint density at radius 1 is 0.327 bits per heavy atom. The lowest BCUT2D eigenvalue weighted by Crippen LogP contribution is -2.00. The summed E-state index contributed by atoms with van der Waals surface area (Å²) in [6.45, 7) is 0. The Kier molecular flexibility index (Phi) is 2.86. The third-order valence-electron chi connectivity index (χ3n) is 7.03. The van der Waals surface area contributed by atoms with E-state index in [2.05, 4.69) is 15.0 Å². The molecule has 0 aliphatic carbocycles. The number of aromatic nitrogens is 4. The van der Waals surface area contributed by atoms with Crippen LogP contribution in [0.5, 0.6) is 0 Å². The second-order valence-electron chi connectivity index (χ2n) is 9.91. The zero-order chi connectivity index (χ0) is 57.8. The Morgan fingerprint density at radius 3 is 1.27 bits per heavy atom. The van der Waals surface area contributed by atoms with Crippen molar-refractivity contribution in [2.24, 2.45) is 0 Å². The van der Waals surface area contributed by atoms with Gasteiger partial charge in [-0.3, -0.25) is 0 Å². The minimum Gasteiger partial charge on any atom is -0.309 e. The maximum atomic E-state index is 9.42. The number of hydrogen-bond donors (Lipinski definition) is 0. The molecule has 0 N–H and O–H groups in total. The number of hydrogen-bond acceptors (Lipinski definition) is 3. The van der Waals surface area contributed by atoms with Gasteiger partial charge in [-0.15, -0.1) is 0 Å². The fourth-order valence-electron chi connectivity index (χ4n) is 4.86. The predicted octanol–water partition coefficient (Wildman–Crippen LogP) is 11.3. The molecule has 0 aliphatic rings. The maximum absolute atomic E-state index is 9.42. The summed E-state index contributed by atoms with van der Waals surface area (Å²) in [7, 11) is 0. The van der Waals surface area contributed by atoms with Crippen molar-refractivity contribution < 1.29 is 39.8 Å². The summed E-state index contributed by atoms with van der Waals surface area (Å²) in [6.07, 6.45) is 0. The topological polar surface area (TPSA) is 43.6 Å². The van der Waals surface area contributed by atoms with E-state index < -0.39 is 259 Å². The fourth-order valence-corrected chi connectivity index (χ4v) is 4.86. The molecule has 0 radical (unpaired) electrons. The van der Waals surface area contributed by atoms with E-state index in [-0.39, 0.29) is 0 Å². The highest BCUT2D eigenvalue weighted by molar-refractivity contribution is 6.10. The molecule has 230 valence electrons. The van der Waals surface area contributed by atoms with Crippen LogP contribution in [-0.4, -0.2) is 19.5 Å². The van der Waals surface area contributed by atoms with Crippen LogP contribution < -0.4 is 0 Å². The van der Waals surface area contributed by atoms with E-state index in [1.54, 1.807) is 0 Å². The van der Waals surface area contributed by atoms with Gasteiger partial charge in [0, 0.05) is 33.2 Å². The molecular weight excluding hydrogens is 597 g/mol. The molecule has 0 aliphatic heterocycles. The molecule has 4 nitrogen and oxygen atoms in total. The van der Waals surface area contributed by atoms with Gasteiger partial charge in [-0.25, -0.2) is 15.0 Å². The van der Waals surface area contributed by atoms with Gasteiger partial charge in [0.25, 0.3) is 0 Å². The molecule has 0 saturated carbocycles. The molecule has 2 heterocycles. The second kappa shape index (κ2) is 12.2. The molecule has 0 bridgehead atoms. The maximum Gasteiger partial charge on any atom is 0.164 e. The minimum atomic E-state index is -1.04. The van der Waals surface area contributed by atoms with Gasteiger partial charge < -0.3 is 4.57 Å². The average Bonchev–Trinajstić information content (AvgIpc) is 4.00. The molecule has 49 heavy (non-hydrogen) atoms. The van der Waals surface area contributed by atoms with Crippen LogP contribution in [0.15, 0.2) is 181 Å². The molecule has 0 amide bonds. The first-order chi connectivity index (χ1) is 36.3. The Balaban J connectivity index is 1.45. The number of nitrogens with zero attached hydrogens (tertiary/aromatic N) is 4. The average molecular weight is 656 g/mol. The van der Waals surface area contributed by atoms with Gasteiger partial charge in [0.15, 0.2) is 17.5 Å². The van der Waals surface area contributed by atoms with Gasteiger partial charge in [0.2, 0.25) is 0 Å². The number of benzene rings is 7. The van der Waals surface area contributed by atoms with Gasteiger partial charge >= 0.3 is 0 Å². The summed E-state index contributed by atoms with van der Waals surface area (Å²) in [5, 5.41) is -0.853. The van der Waals surface area contributed by atoms with Crippen LogP contribution in [0.25, 0.3) is 83.9 Å². The van der Waals surface area contributed by atoms with Crippen molar-refractivity contribution in [3.05, 3.63) is 181 Å².